The molecule has 0 aliphatic heterocycles. The SMILES string of the molecule is C[C@H](C(=O)OCC(=O)c1ccc(-c2ccc(C(=O)COC(=O)[C@@H](NC(=O)OC(C)(C)C)C3(C)CC3)cc2)cc1)C1(C)CC1. The molecule has 2 aliphatic carbocycles. The van der Waals surface area contributed by atoms with E-state index in [0.29, 0.717) is 11.1 Å². The number of ether oxygens (including phenoxy) is 3. The second kappa shape index (κ2) is 12.3. The third kappa shape index (κ3) is 8.30. The molecule has 0 radical (unpaired) electrons. The molecule has 2 aliphatic rings. The topological polar surface area (TPSA) is 125 Å². The zero-order valence-electron chi connectivity index (χ0n) is 25.8. The molecule has 2 atom stereocenters. The number of nitrogens with one attached hydrogen (secondary N) is 1. The van der Waals surface area contributed by atoms with Crippen molar-refractivity contribution >= 4 is 29.6 Å². The second-order valence-corrected chi connectivity index (χ2v) is 13.3. The van der Waals surface area contributed by atoms with E-state index in [4.69, 9.17) is 14.2 Å². The summed E-state index contributed by atoms with van der Waals surface area (Å²) in [6.45, 7) is 10.2. The van der Waals surface area contributed by atoms with Gasteiger partial charge in [-0.1, -0.05) is 69.3 Å². The van der Waals surface area contributed by atoms with E-state index in [1.807, 2.05) is 13.8 Å². The minimum Gasteiger partial charge on any atom is -0.457 e. The summed E-state index contributed by atoms with van der Waals surface area (Å²) in [4.78, 5) is 62.7. The molecular weight excluding hydrogens is 550 g/mol. The van der Waals surface area contributed by atoms with Crippen LogP contribution in [0, 0.1) is 16.7 Å². The van der Waals surface area contributed by atoms with E-state index < -0.39 is 35.7 Å². The Morgan fingerprint density at radius 2 is 1.14 bits per heavy atom. The Bertz CT molecular complexity index is 1380. The van der Waals surface area contributed by atoms with Crippen molar-refractivity contribution < 1.29 is 38.2 Å². The number of hydrogen-bond acceptors (Lipinski definition) is 8. The van der Waals surface area contributed by atoms with Crippen molar-refractivity contribution in [2.45, 2.75) is 78.9 Å². The van der Waals surface area contributed by atoms with Gasteiger partial charge in [-0.25, -0.2) is 9.59 Å². The van der Waals surface area contributed by atoms with Crippen molar-refractivity contribution in [1.29, 1.82) is 0 Å². The Kier molecular flexibility index (Phi) is 9.13. The van der Waals surface area contributed by atoms with Gasteiger partial charge in [-0.3, -0.25) is 14.4 Å². The number of carbonyl (C=O) groups excluding carboxylic acids is 5. The maximum atomic E-state index is 12.8. The van der Waals surface area contributed by atoms with E-state index in [9.17, 15) is 24.0 Å². The minimum absolute atomic E-state index is 0.00923. The van der Waals surface area contributed by atoms with Crippen LogP contribution in [0.2, 0.25) is 0 Å². The average Bonchev–Trinajstić information content (AvgIpc) is 3.90. The molecule has 0 aromatic heterocycles. The van der Waals surface area contributed by atoms with Gasteiger partial charge in [0, 0.05) is 11.1 Å². The highest BCUT2D eigenvalue weighted by molar-refractivity contribution is 5.99. The first-order chi connectivity index (χ1) is 20.1. The molecule has 2 aromatic rings. The van der Waals surface area contributed by atoms with Gasteiger partial charge in [-0.15, -0.1) is 0 Å². The monoisotopic (exact) mass is 591 g/mol. The Morgan fingerprint density at radius 1 is 0.721 bits per heavy atom. The smallest absolute Gasteiger partial charge is 0.408 e. The van der Waals surface area contributed by atoms with Crippen LogP contribution >= 0.6 is 0 Å². The van der Waals surface area contributed by atoms with E-state index in [2.05, 4.69) is 12.2 Å². The molecule has 0 unspecified atom stereocenters. The summed E-state index contributed by atoms with van der Waals surface area (Å²) in [6.07, 6.45) is 2.78. The zero-order chi connectivity index (χ0) is 31.6. The van der Waals surface area contributed by atoms with Crippen LogP contribution in [-0.4, -0.2) is 54.5 Å². The molecule has 2 saturated carbocycles. The van der Waals surface area contributed by atoms with Crippen molar-refractivity contribution in [2.24, 2.45) is 16.7 Å². The van der Waals surface area contributed by atoms with Gasteiger partial charge in [0.2, 0.25) is 0 Å². The first-order valence-electron chi connectivity index (χ1n) is 14.7. The van der Waals surface area contributed by atoms with Gasteiger partial charge in [0.05, 0.1) is 5.92 Å². The molecule has 0 bridgehead atoms. The lowest BCUT2D eigenvalue weighted by Gasteiger charge is -2.26. The highest BCUT2D eigenvalue weighted by Gasteiger charge is 2.50. The van der Waals surface area contributed by atoms with Crippen molar-refractivity contribution in [2.75, 3.05) is 13.2 Å². The Morgan fingerprint density at radius 3 is 1.53 bits per heavy atom. The molecule has 230 valence electrons. The standard InChI is InChI=1S/C34H41NO8/c1-21(33(5)15-16-33)29(38)41-19-26(36)24-11-7-22(8-12-24)23-9-13-25(14-10-23)27(37)20-42-30(39)28(34(6)17-18-34)35-31(40)43-32(2,3)4/h7-14,21,28H,15-20H2,1-6H3,(H,35,40)/t21-,28-/m1/s1. The molecule has 2 fully saturated rings. The molecule has 2 aromatic carbocycles. The largest absolute Gasteiger partial charge is 0.457 e. The highest BCUT2D eigenvalue weighted by Crippen LogP contribution is 2.51. The zero-order valence-corrected chi connectivity index (χ0v) is 25.8. The van der Waals surface area contributed by atoms with Crippen LogP contribution < -0.4 is 5.32 Å². The first-order valence-corrected chi connectivity index (χ1v) is 14.7. The molecule has 43 heavy (non-hydrogen) atoms. The Labute approximate surface area is 252 Å². The number of esters is 2. The van der Waals surface area contributed by atoms with Gasteiger partial charge in [-0.2, -0.15) is 0 Å². The third-order valence-electron chi connectivity index (χ3n) is 8.51. The summed E-state index contributed by atoms with van der Waals surface area (Å²) in [6, 6.07) is 12.9. The van der Waals surface area contributed by atoms with E-state index in [1.165, 1.54) is 0 Å². The molecule has 4 rings (SSSR count). The summed E-state index contributed by atoms with van der Waals surface area (Å²) in [5, 5.41) is 2.61. The van der Waals surface area contributed by atoms with Crippen LogP contribution in [0.3, 0.4) is 0 Å². The predicted molar refractivity (Wildman–Crippen MR) is 159 cm³/mol. The molecule has 1 N–H and O–H groups in total. The van der Waals surface area contributed by atoms with Crippen molar-refractivity contribution in [3.8, 4) is 11.1 Å². The number of hydrogen-bond donors (Lipinski definition) is 1. The van der Waals surface area contributed by atoms with Gasteiger partial charge in [0.1, 0.15) is 11.6 Å². The van der Waals surface area contributed by atoms with Gasteiger partial charge >= 0.3 is 18.0 Å². The summed E-state index contributed by atoms with van der Waals surface area (Å²) < 4.78 is 15.9. The second-order valence-electron chi connectivity index (χ2n) is 13.3. The number of carbonyl (C=O) groups is 5. The van der Waals surface area contributed by atoms with Crippen LogP contribution in [0.15, 0.2) is 48.5 Å². The van der Waals surface area contributed by atoms with Crippen LogP contribution in [-0.2, 0) is 23.8 Å². The van der Waals surface area contributed by atoms with E-state index >= 15 is 0 Å². The number of alkyl carbamates (subject to hydrolysis) is 1. The number of benzene rings is 2. The first kappa shape index (κ1) is 31.9. The fourth-order valence-corrected chi connectivity index (χ4v) is 4.69. The van der Waals surface area contributed by atoms with Crippen LogP contribution in [0.25, 0.3) is 11.1 Å². The highest BCUT2D eigenvalue weighted by atomic mass is 16.6. The lowest BCUT2D eigenvalue weighted by Crippen LogP contribution is -2.49. The van der Waals surface area contributed by atoms with Gasteiger partial charge in [0.25, 0.3) is 0 Å². The van der Waals surface area contributed by atoms with Crippen molar-refractivity contribution in [3.05, 3.63) is 59.7 Å². The number of ketones is 2. The molecular formula is C34H41NO8. The fraction of sp³-hybridized carbons (Fsp3) is 0.500. The van der Waals surface area contributed by atoms with E-state index in [1.54, 1.807) is 69.3 Å². The molecule has 0 saturated heterocycles. The predicted octanol–water partition coefficient (Wildman–Crippen LogP) is 5.94. The van der Waals surface area contributed by atoms with Crippen LogP contribution in [0.5, 0.6) is 0 Å². The van der Waals surface area contributed by atoms with Gasteiger partial charge in [-0.05, 0) is 68.4 Å². The third-order valence-corrected chi connectivity index (χ3v) is 8.51. The minimum atomic E-state index is -0.908. The maximum Gasteiger partial charge on any atom is 0.408 e. The van der Waals surface area contributed by atoms with Crippen molar-refractivity contribution in [1.82, 2.24) is 5.32 Å². The quantitative estimate of drug-likeness (QED) is 0.183. The Balaban J connectivity index is 1.28. The fourth-order valence-electron chi connectivity index (χ4n) is 4.69. The van der Waals surface area contributed by atoms with Gasteiger partial charge in [0.15, 0.2) is 24.8 Å². The summed E-state index contributed by atoms with van der Waals surface area (Å²) in [5.41, 5.74) is 1.31. The molecule has 9 nitrogen and oxygen atoms in total. The van der Waals surface area contributed by atoms with Gasteiger partial charge < -0.3 is 19.5 Å². The summed E-state index contributed by atoms with van der Waals surface area (Å²) in [7, 11) is 0. The summed E-state index contributed by atoms with van der Waals surface area (Å²) in [5.74, 6) is -1.90. The molecule has 1 amide bonds. The van der Waals surface area contributed by atoms with Crippen LogP contribution in [0.1, 0.15) is 87.9 Å². The summed E-state index contributed by atoms with van der Waals surface area (Å²) >= 11 is 0. The number of Topliss-reactive ketones (excluding diaryl/α,β-unsaturated/α-hetero) is 2. The Hall–Kier alpha value is -4.01. The normalized spacial score (nSPS) is 17.5. The lowest BCUT2D eigenvalue weighted by molar-refractivity contribution is -0.149. The average molecular weight is 592 g/mol. The molecule has 9 heteroatoms. The number of rotatable bonds is 12. The van der Waals surface area contributed by atoms with E-state index in [-0.39, 0.29) is 35.5 Å². The molecule has 0 spiro atoms. The molecule has 0 heterocycles. The van der Waals surface area contributed by atoms with Crippen LogP contribution in [0.4, 0.5) is 4.79 Å². The lowest BCUT2D eigenvalue weighted by atomic mass is 9.93. The maximum absolute atomic E-state index is 12.8. The van der Waals surface area contributed by atoms with Crippen molar-refractivity contribution in [3.63, 3.8) is 0 Å². The van der Waals surface area contributed by atoms with E-state index in [0.717, 1.165) is 36.8 Å². The number of amides is 1.